The third kappa shape index (κ3) is 6.65. The number of amides is 2. The Balaban J connectivity index is 1.35. The fourth-order valence-electron chi connectivity index (χ4n) is 3.24. The molecule has 0 aliphatic carbocycles. The molecule has 7 heteroatoms. The van der Waals surface area contributed by atoms with Crippen molar-refractivity contribution in [3.63, 3.8) is 0 Å². The van der Waals surface area contributed by atoms with E-state index in [1.165, 1.54) is 0 Å². The number of carbonyl (C=O) groups is 2. The van der Waals surface area contributed by atoms with Crippen molar-refractivity contribution < 1.29 is 14.3 Å². The van der Waals surface area contributed by atoms with Crippen LogP contribution in [0.3, 0.4) is 0 Å². The maximum absolute atomic E-state index is 12.7. The van der Waals surface area contributed by atoms with E-state index in [0.29, 0.717) is 27.9 Å². The van der Waals surface area contributed by atoms with Gasteiger partial charge in [0.2, 0.25) is 0 Å². The fraction of sp³-hybridized carbons (Fsp3) is 0.0357. The Bertz CT molecular complexity index is 1340. The van der Waals surface area contributed by atoms with Gasteiger partial charge in [-0.15, -0.1) is 0 Å². The van der Waals surface area contributed by atoms with E-state index in [1.54, 1.807) is 48.7 Å². The van der Waals surface area contributed by atoms with E-state index in [2.05, 4.69) is 31.8 Å². The van der Waals surface area contributed by atoms with Crippen molar-refractivity contribution in [3.8, 4) is 5.75 Å². The topological polar surface area (TPSA) is 79.8 Å². The largest absolute Gasteiger partial charge is 0.489 e. The van der Waals surface area contributed by atoms with Crippen LogP contribution in [0.15, 0.2) is 113 Å². The lowest BCUT2D eigenvalue weighted by atomic mass is 10.1. The average molecular weight is 528 g/mol. The zero-order valence-corrected chi connectivity index (χ0v) is 20.2. The van der Waals surface area contributed by atoms with Crippen molar-refractivity contribution in [2.24, 2.45) is 5.10 Å². The van der Waals surface area contributed by atoms with Crippen LogP contribution in [0.1, 0.15) is 31.8 Å². The Morgan fingerprint density at radius 1 is 0.771 bits per heavy atom. The Hall–Kier alpha value is -4.23. The molecule has 174 valence electrons. The number of nitrogens with one attached hydrogen (secondary N) is 2. The summed E-state index contributed by atoms with van der Waals surface area (Å²) in [5.74, 6) is -0.0207. The van der Waals surface area contributed by atoms with E-state index in [1.807, 2.05) is 60.7 Å². The minimum Gasteiger partial charge on any atom is -0.489 e. The number of nitrogens with zero attached hydrogens (tertiary/aromatic N) is 1. The molecule has 0 fully saturated rings. The van der Waals surface area contributed by atoms with Crippen molar-refractivity contribution in [2.75, 3.05) is 5.32 Å². The number of halogens is 1. The monoisotopic (exact) mass is 527 g/mol. The highest BCUT2D eigenvalue weighted by Crippen LogP contribution is 2.20. The van der Waals surface area contributed by atoms with Crippen molar-refractivity contribution in [1.29, 1.82) is 0 Å². The first-order chi connectivity index (χ1) is 17.1. The maximum atomic E-state index is 12.7. The van der Waals surface area contributed by atoms with Crippen LogP contribution in [0.5, 0.6) is 5.75 Å². The van der Waals surface area contributed by atoms with Crippen molar-refractivity contribution in [3.05, 3.63) is 130 Å². The number of hydrogen-bond acceptors (Lipinski definition) is 4. The van der Waals surface area contributed by atoms with Crippen molar-refractivity contribution in [2.45, 2.75) is 6.61 Å². The van der Waals surface area contributed by atoms with Crippen LogP contribution in [0.25, 0.3) is 0 Å². The first kappa shape index (κ1) is 23.9. The van der Waals surface area contributed by atoms with Gasteiger partial charge in [-0.3, -0.25) is 9.59 Å². The molecule has 0 radical (unpaired) electrons. The minimum atomic E-state index is -0.438. The van der Waals surface area contributed by atoms with Crippen LogP contribution in [-0.4, -0.2) is 18.0 Å². The summed E-state index contributed by atoms with van der Waals surface area (Å²) in [6, 6.07) is 31.2. The number of hydrogen-bond donors (Lipinski definition) is 2. The standard InChI is InChI=1S/C28H22BrN3O3/c29-25-12-6-4-10-23(25)27(33)31-26-13-7-5-11-24(26)28(34)32-30-18-20-14-16-22(17-15-20)35-19-21-8-2-1-3-9-21/h1-18H,19H2,(H,31,33)(H,32,34)/b30-18-. The number of rotatable bonds is 8. The van der Waals surface area contributed by atoms with Gasteiger partial charge in [-0.1, -0.05) is 54.6 Å². The quantitative estimate of drug-likeness (QED) is 0.216. The summed E-state index contributed by atoms with van der Waals surface area (Å²) in [5, 5.41) is 6.84. The zero-order chi connectivity index (χ0) is 24.5. The zero-order valence-electron chi connectivity index (χ0n) is 18.6. The van der Waals surface area contributed by atoms with Gasteiger partial charge in [0.15, 0.2) is 0 Å². The maximum Gasteiger partial charge on any atom is 0.273 e. The van der Waals surface area contributed by atoms with Crippen LogP contribution >= 0.6 is 15.9 Å². The van der Waals surface area contributed by atoms with Gasteiger partial charge in [-0.05, 0) is 75.6 Å². The van der Waals surface area contributed by atoms with Gasteiger partial charge in [0.1, 0.15) is 12.4 Å². The molecule has 0 heterocycles. The lowest BCUT2D eigenvalue weighted by molar-refractivity contribution is 0.0956. The predicted molar refractivity (Wildman–Crippen MR) is 141 cm³/mol. The molecule has 35 heavy (non-hydrogen) atoms. The summed E-state index contributed by atoms with van der Waals surface area (Å²) < 4.78 is 6.45. The fourth-order valence-corrected chi connectivity index (χ4v) is 3.71. The summed E-state index contributed by atoms with van der Waals surface area (Å²) in [4.78, 5) is 25.4. The number of anilines is 1. The van der Waals surface area contributed by atoms with Crippen LogP contribution < -0.4 is 15.5 Å². The van der Waals surface area contributed by atoms with Crippen molar-refractivity contribution >= 4 is 39.6 Å². The molecule has 4 aromatic carbocycles. The molecule has 0 saturated heterocycles. The molecule has 0 unspecified atom stereocenters. The molecule has 0 aliphatic heterocycles. The predicted octanol–water partition coefficient (Wildman–Crippen LogP) is 6.04. The Morgan fingerprint density at radius 2 is 1.43 bits per heavy atom. The molecule has 0 aromatic heterocycles. The molecular formula is C28H22BrN3O3. The number of benzene rings is 4. The van der Waals surface area contributed by atoms with Crippen LogP contribution in [0, 0.1) is 0 Å². The summed E-state index contributed by atoms with van der Waals surface area (Å²) in [6.07, 6.45) is 1.54. The van der Waals surface area contributed by atoms with Crippen molar-refractivity contribution in [1.82, 2.24) is 5.43 Å². The number of para-hydroxylation sites is 1. The SMILES string of the molecule is O=C(Nc1ccccc1C(=O)N/N=C\c1ccc(OCc2ccccc2)cc1)c1ccccc1Br. The molecule has 2 amide bonds. The third-order valence-electron chi connectivity index (χ3n) is 5.05. The van der Waals surface area contributed by atoms with E-state index >= 15 is 0 Å². The van der Waals surface area contributed by atoms with Gasteiger partial charge in [0.25, 0.3) is 11.8 Å². The smallest absolute Gasteiger partial charge is 0.273 e. The van der Waals surface area contributed by atoms with Gasteiger partial charge < -0.3 is 10.1 Å². The molecule has 4 aromatic rings. The highest BCUT2D eigenvalue weighted by molar-refractivity contribution is 9.10. The van der Waals surface area contributed by atoms with Crippen LogP contribution in [0.2, 0.25) is 0 Å². The third-order valence-corrected chi connectivity index (χ3v) is 5.74. The summed E-state index contributed by atoms with van der Waals surface area (Å²) in [6.45, 7) is 0.488. The number of ether oxygens (including phenoxy) is 1. The average Bonchev–Trinajstić information content (AvgIpc) is 2.89. The molecule has 2 N–H and O–H groups in total. The Kier molecular flexibility index (Phi) is 8.04. The first-order valence-electron chi connectivity index (χ1n) is 10.9. The van der Waals surface area contributed by atoms with Crippen LogP contribution in [0.4, 0.5) is 5.69 Å². The highest BCUT2D eigenvalue weighted by Gasteiger charge is 2.15. The van der Waals surface area contributed by atoms with Gasteiger partial charge in [-0.2, -0.15) is 5.10 Å². The lowest BCUT2D eigenvalue weighted by Crippen LogP contribution is -2.21. The summed E-state index contributed by atoms with van der Waals surface area (Å²) >= 11 is 3.37. The molecule has 0 bridgehead atoms. The van der Waals surface area contributed by atoms with Gasteiger partial charge in [0, 0.05) is 4.47 Å². The Morgan fingerprint density at radius 3 is 2.17 bits per heavy atom. The summed E-state index contributed by atoms with van der Waals surface area (Å²) in [7, 11) is 0. The van der Waals surface area contributed by atoms with Gasteiger partial charge in [0.05, 0.1) is 23.0 Å². The second-order valence-corrected chi connectivity index (χ2v) is 8.38. The Labute approximate surface area is 211 Å². The molecule has 6 nitrogen and oxygen atoms in total. The normalized spacial score (nSPS) is 10.7. The molecule has 0 atom stereocenters. The summed E-state index contributed by atoms with van der Waals surface area (Å²) in [5.41, 5.74) is 5.56. The van der Waals surface area contributed by atoms with Crippen LogP contribution in [-0.2, 0) is 6.61 Å². The second-order valence-electron chi connectivity index (χ2n) is 7.52. The highest BCUT2D eigenvalue weighted by atomic mass is 79.9. The van der Waals surface area contributed by atoms with Gasteiger partial charge >= 0.3 is 0 Å². The molecular weight excluding hydrogens is 506 g/mol. The van der Waals surface area contributed by atoms with E-state index < -0.39 is 5.91 Å². The van der Waals surface area contributed by atoms with E-state index in [-0.39, 0.29) is 5.91 Å². The minimum absolute atomic E-state index is 0.301. The molecule has 0 saturated carbocycles. The number of hydrazone groups is 1. The molecule has 0 aliphatic rings. The second kappa shape index (κ2) is 11.8. The molecule has 0 spiro atoms. The first-order valence-corrected chi connectivity index (χ1v) is 11.6. The molecule has 4 rings (SSSR count). The van der Waals surface area contributed by atoms with E-state index in [0.717, 1.165) is 16.9 Å². The van der Waals surface area contributed by atoms with E-state index in [9.17, 15) is 9.59 Å². The lowest BCUT2D eigenvalue weighted by Gasteiger charge is -2.11. The van der Waals surface area contributed by atoms with E-state index in [4.69, 9.17) is 4.74 Å². The number of carbonyl (C=O) groups excluding carboxylic acids is 2. The van der Waals surface area contributed by atoms with Gasteiger partial charge in [-0.25, -0.2) is 5.43 Å².